The average Bonchev–Trinajstić information content (AvgIpc) is 3.02. The summed E-state index contributed by atoms with van der Waals surface area (Å²) in [6, 6.07) is 2.79. The summed E-state index contributed by atoms with van der Waals surface area (Å²) in [5.41, 5.74) is 1.19. The molecule has 7 nitrogen and oxygen atoms in total. The maximum Gasteiger partial charge on any atom is 0.341 e. The number of aryl methyl sites for hydroxylation is 1. The molecule has 27 heavy (non-hydrogen) atoms. The van der Waals surface area contributed by atoms with E-state index in [1.54, 1.807) is 19.9 Å². The first kappa shape index (κ1) is 21.3. The van der Waals surface area contributed by atoms with Gasteiger partial charge in [0, 0.05) is 25.5 Å². The van der Waals surface area contributed by atoms with E-state index in [2.05, 4.69) is 5.10 Å². The lowest BCUT2D eigenvalue weighted by Crippen LogP contribution is -2.29. The van der Waals surface area contributed by atoms with E-state index in [1.165, 1.54) is 20.2 Å². The Labute approximate surface area is 162 Å². The van der Waals surface area contributed by atoms with Crippen molar-refractivity contribution in [3.8, 4) is 0 Å². The number of nitrogens with zero attached hydrogens (tertiary/aromatic N) is 3. The van der Waals surface area contributed by atoms with Crippen LogP contribution in [-0.4, -0.2) is 48.6 Å². The van der Waals surface area contributed by atoms with Crippen molar-refractivity contribution in [2.45, 2.75) is 26.7 Å². The van der Waals surface area contributed by atoms with Crippen molar-refractivity contribution in [2.75, 3.05) is 20.7 Å². The first-order valence-electron chi connectivity index (χ1n) is 8.27. The van der Waals surface area contributed by atoms with E-state index in [0.717, 1.165) is 10.5 Å². The van der Waals surface area contributed by atoms with Crippen LogP contribution in [0.4, 0.5) is 4.39 Å². The minimum atomic E-state index is -3.91. The number of carbonyl (C=O) groups excluding carboxylic acids is 1. The summed E-state index contributed by atoms with van der Waals surface area (Å²) in [5, 5.41) is 4.23. The van der Waals surface area contributed by atoms with Gasteiger partial charge in [0.05, 0.1) is 18.5 Å². The lowest BCUT2D eigenvalue weighted by atomic mass is 10.0. The maximum absolute atomic E-state index is 13.9. The predicted octanol–water partition coefficient (Wildman–Crippen LogP) is 2.66. The molecule has 1 aromatic heterocycles. The molecular weight excluding hydrogens is 397 g/mol. The van der Waals surface area contributed by atoms with Gasteiger partial charge in [0.15, 0.2) is 0 Å². The van der Waals surface area contributed by atoms with Crippen LogP contribution in [0.2, 0.25) is 5.02 Å². The number of carbonyl (C=O) groups is 1. The van der Waals surface area contributed by atoms with Gasteiger partial charge in [0.2, 0.25) is 0 Å². The summed E-state index contributed by atoms with van der Waals surface area (Å²) in [6.45, 7) is 3.57. The molecule has 0 aliphatic rings. The van der Waals surface area contributed by atoms with Crippen LogP contribution in [-0.2, 0) is 27.8 Å². The van der Waals surface area contributed by atoms with Gasteiger partial charge >= 0.3 is 16.2 Å². The molecular formula is C17H21ClFN3O4S. The van der Waals surface area contributed by atoms with Crippen LogP contribution in [0.15, 0.2) is 18.3 Å². The number of hydrogen-bond donors (Lipinski definition) is 0. The first-order valence-corrected chi connectivity index (χ1v) is 10.0. The van der Waals surface area contributed by atoms with Crippen LogP contribution < -0.4 is 0 Å². The van der Waals surface area contributed by atoms with Crippen LogP contribution in [0.5, 0.6) is 0 Å². The van der Waals surface area contributed by atoms with E-state index in [9.17, 15) is 17.6 Å². The highest BCUT2D eigenvalue weighted by Gasteiger charge is 2.25. The van der Waals surface area contributed by atoms with Crippen molar-refractivity contribution >= 4 is 27.8 Å². The molecule has 10 heteroatoms. The molecule has 0 N–H and O–H groups in total. The Morgan fingerprint density at radius 2 is 1.96 bits per heavy atom. The molecule has 0 radical (unpaired) electrons. The maximum atomic E-state index is 13.9. The summed E-state index contributed by atoms with van der Waals surface area (Å²) < 4.78 is 45.2. The molecule has 0 bridgehead atoms. The van der Waals surface area contributed by atoms with Gasteiger partial charge in [-0.25, -0.2) is 9.18 Å². The molecule has 0 atom stereocenters. The van der Waals surface area contributed by atoms with Crippen molar-refractivity contribution in [1.82, 2.24) is 13.5 Å². The van der Waals surface area contributed by atoms with E-state index >= 15 is 0 Å². The van der Waals surface area contributed by atoms with Crippen LogP contribution in [0, 0.1) is 5.82 Å². The molecule has 0 amide bonds. The molecule has 1 aromatic carbocycles. The largest absolute Gasteiger partial charge is 0.462 e. The third-order valence-corrected chi connectivity index (χ3v) is 5.85. The Balaban J connectivity index is 2.55. The molecule has 0 aliphatic heterocycles. The molecule has 0 aliphatic carbocycles. The number of benzene rings is 1. The number of hydrogen-bond acceptors (Lipinski definition) is 5. The fraction of sp³-hybridized carbons (Fsp3) is 0.412. The highest BCUT2D eigenvalue weighted by atomic mass is 35.5. The fourth-order valence-corrected chi connectivity index (χ4v) is 3.41. The minimum absolute atomic E-state index is 0.0146. The molecule has 1 heterocycles. The molecule has 0 saturated heterocycles. The van der Waals surface area contributed by atoms with Gasteiger partial charge < -0.3 is 4.74 Å². The lowest BCUT2D eigenvalue weighted by molar-refractivity contribution is 0.0525. The summed E-state index contributed by atoms with van der Waals surface area (Å²) >= 11 is 6.13. The van der Waals surface area contributed by atoms with Gasteiger partial charge in [0.25, 0.3) is 0 Å². The Morgan fingerprint density at radius 3 is 2.52 bits per heavy atom. The molecule has 2 rings (SSSR count). The van der Waals surface area contributed by atoms with Gasteiger partial charge in [-0.3, -0.25) is 0 Å². The van der Waals surface area contributed by atoms with Gasteiger partial charge in [-0.15, -0.1) is 0 Å². The summed E-state index contributed by atoms with van der Waals surface area (Å²) in [5.74, 6) is -1.11. The molecule has 0 saturated carbocycles. The summed E-state index contributed by atoms with van der Waals surface area (Å²) in [6.07, 6.45) is 1.63. The zero-order chi connectivity index (χ0) is 20.4. The van der Waals surface area contributed by atoms with E-state index in [-0.39, 0.29) is 29.3 Å². The van der Waals surface area contributed by atoms with Crippen molar-refractivity contribution in [2.24, 2.45) is 0 Å². The summed E-state index contributed by atoms with van der Waals surface area (Å²) in [7, 11) is -1.21. The van der Waals surface area contributed by atoms with Crippen molar-refractivity contribution in [1.29, 1.82) is 0 Å². The van der Waals surface area contributed by atoms with Crippen LogP contribution in [0.1, 0.15) is 41.0 Å². The topological polar surface area (TPSA) is 81.5 Å². The van der Waals surface area contributed by atoms with E-state index < -0.39 is 22.0 Å². The second-order valence-corrected chi connectivity index (χ2v) is 8.35. The Bertz CT molecular complexity index is 957. The Kier molecular flexibility index (Phi) is 6.61. The normalized spacial score (nSPS) is 11.8. The number of halogens is 2. The molecule has 0 unspecified atom stereocenters. The average molecular weight is 418 g/mol. The zero-order valence-corrected chi connectivity index (χ0v) is 17.1. The van der Waals surface area contributed by atoms with Crippen molar-refractivity contribution < 1.29 is 22.3 Å². The van der Waals surface area contributed by atoms with Gasteiger partial charge in [-0.2, -0.15) is 21.9 Å². The SMILES string of the molecule is CCOC(=O)c1cn(S(=O)(=O)N(C)C)nc1Cc1cc(CC)c(F)cc1Cl. The molecule has 2 aromatic rings. The predicted molar refractivity (Wildman–Crippen MR) is 99.8 cm³/mol. The van der Waals surface area contributed by atoms with Crippen molar-refractivity contribution in [3.63, 3.8) is 0 Å². The van der Waals surface area contributed by atoms with E-state index in [0.29, 0.717) is 21.6 Å². The van der Waals surface area contributed by atoms with Gasteiger partial charge in [0.1, 0.15) is 11.4 Å². The van der Waals surface area contributed by atoms with Crippen LogP contribution in [0.3, 0.4) is 0 Å². The van der Waals surface area contributed by atoms with Crippen molar-refractivity contribution in [3.05, 3.63) is 51.6 Å². The number of esters is 1. The standard InChI is InChI=1S/C17H21ClFN3O4S/c1-5-11-7-12(14(18)9-15(11)19)8-16-13(17(23)26-6-2)10-22(20-16)27(24,25)21(3)4/h7,9-10H,5-6,8H2,1-4H3. The lowest BCUT2D eigenvalue weighted by Gasteiger charge is -2.10. The van der Waals surface area contributed by atoms with Crippen LogP contribution in [0.25, 0.3) is 0 Å². The molecule has 148 valence electrons. The third kappa shape index (κ3) is 4.48. The number of rotatable bonds is 7. The minimum Gasteiger partial charge on any atom is -0.462 e. The highest BCUT2D eigenvalue weighted by molar-refractivity contribution is 7.87. The third-order valence-electron chi connectivity index (χ3n) is 3.92. The van der Waals surface area contributed by atoms with Gasteiger partial charge in [-0.05, 0) is 30.5 Å². The zero-order valence-electron chi connectivity index (χ0n) is 15.5. The molecule has 0 fully saturated rings. The fourth-order valence-electron chi connectivity index (χ4n) is 2.41. The summed E-state index contributed by atoms with van der Waals surface area (Å²) in [4.78, 5) is 12.3. The first-order chi connectivity index (χ1) is 12.6. The monoisotopic (exact) mass is 417 g/mol. The molecule has 0 spiro atoms. The van der Waals surface area contributed by atoms with Crippen LogP contribution >= 0.6 is 11.6 Å². The second kappa shape index (κ2) is 8.37. The number of aromatic nitrogens is 2. The highest BCUT2D eigenvalue weighted by Crippen LogP contribution is 2.25. The van der Waals surface area contributed by atoms with E-state index in [1.807, 2.05) is 0 Å². The second-order valence-electron chi connectivity index (χ2n) is 5.94. The number of ether oxygens (including phenoxy) is 1. The Hall–Kier alpha value is -1.97. The van der Waals surface area contributed by atoms with E-state index in [4.69, 9.17) is 16.3 Å². The smallest absolute Gasteiger partial charge is 0.341 e. The Morgan fingerprint density at radius 1 is 1.30 bits per heavy atom. The van der Waals surface area contributed by atoms with Gasteiger partial charge in [-0.1, -0.05) is 24.6 Å². The quantitative estimate of drug-likeness (QED) is 0.647.